The topological polar surface area (TPSA) is 137 Å². The molecule has 0 aromatic rings. The molecule has 14 heteroatoms. The van der Waals surface area contributed by atoms with Gasteiger partial charge in [0.15, 0.2) is 0 Å². The summed E-state index contributed by atoms with van der Waals surface area (Å²) in [5, 5.41) is 0. The molecule has 0 saturated carbocycles. The summed E-state index contributed by atoms with van der Waals surface area (Å²) in [6.07, 6.45) is 1.39. The van der Waals surface area contributed by atoms with E-state index in [0.717, 1.165) is 13.0 Å². The first-order valence-corrected chi connectivity index (χ1v) is 16.8. The van der Waals surface area contributed by atoms with Gasteiger partial charge in [0.25, 0.3) is 0 Å². The van der Waals surface area contributed by atoms with Crippen molar-refractivity contribution >= 4 is 5.97 Å². The summed E-state index contributed by atoms with van der Waals surface area (Å²) in [6, 6.07) is 0. The number of carbonyl (C=O) groups is 1. The zero-order valence-electron chi connectivity index (χ0n) is 28.9. The van der Waals surface area contributed by atoms with Crippen LogP contribution in [0.5, 0.6) is 0 Å². The van der Waals surface area contributed by atoms with Crippen molar-refractivity contribution < 1.29 is 66.4 Å². The fourth-order valence-corrected chi connectivity index (χ4v) is 3.21. The van der Waals surface area contributed by atoms with Gasteiger partial charge in [0.1, 0.15) is 0 Å². The molecule has 0 bridgehead atoms. The van der Waals surface area contributed by atoms with Crippen LogP contribution in [-0.4, -0.2) is 171 Å². The maximum atomic E-state index is 11.1. The van der Waals surface area contributed by atoms with E-state index >= 15 is 0 Å². The predicted molar refractivity (Wildman–Crippen MR) is 171 cm³/mol. The van der Waals surface area contributed by atoms with Gasteiger partial charge in [0.2, 0.25) is 0 Å². The van der Waals surface area contributed by atoms with Crippen LogP contribution in [0, 0.1) is 5.92 Å². The van der Waals surface area contributed by atoms with Gasteiger partial charge in [-0.15, -0.1) is 0 Å². The molecule has 0 heterocycles. The van der Waals surface area contributed by atoms with Gasteiger partial charge in [-0.05, 0) is 12.8 Å². The summed E-state index contributed by atoms with van der Waals surface area (Å²) in [4.78, 5) is 11.1. The molecule has 0 radical (unpaired) electrons. The van der Waals surface area contributed by atoms with Crippen LogP contribution in [0.1, 0.15) is 33.6 Å². The van der Waals surface area contributed by atoms with Crippen LogP contribution in [0.15, 0.2) is 0 Å². The van der Waals surface area contributed by atoms with Crippen LogP contribution in [0.3, 0.4) is 0 Å². The summed E-state index contributed by atoms with van der Waals surface area (Å²) in [6.45, 7) is 18.9. The van der Waals surface area contributed by atoms with Crippen molar-refractivity contribution in [3.8, 4) is 0 Å². The van der Waals surface area contributed by atoms with E-state index in [9.17, 15) is 4.79 Å². The van der Waals surface area contributed by atoms with Gasteiger partial charge < -0.3 is 61.6 Å². The molecule has 0 fully saturated rings. The van der Waals surface area contributed by atoms with Crippen LogP contribution in [0.25, 0.3) is 0 Å². The Labute approximate surface area is 277 Å². The Kier molecular flexibility index (Phi) is 39.3. The quantitative estimate of drug-likeness (QED) is 0.0695. The van der Waals surface area contributed by atoms with Gasteiger partial charge in [-0.2, -0.15) is 0 Å². The second-order valence-electron chi connectivity index (χ2n) is 9.88. The molecule has 0 saturated heterocycles. The number of ether oxygens (including phenoxy) is 13. The first-order valence-electron chi connectivity index (χ1n) is 16.8. The number of rotatable bonds is 40. The Morgan fingerprint density at radius 2 is 0.630 bits per heavy atom. The van der Waals surface area contributed by atoms with Crippen molar-refractivity contribution in [3.05, 3.63) is 0 Å². The molecule has 0 rings (SSSR count). The molecule has 0 aliphatic carbocycles. The molecule has 46 heavy (non-hydrogen) atoms. The Balaban J connectivity index is 3.07. The largest absolute Gasteiger partial charge is 0.466 e. The standard InChI is InChI=1S/C32H64O14/c1-4-31(3)30-45-29-28-44-27-26-43-25-24-42-23-22-41-21-20-40-19-18-39-17-16-38-15-14-37-13-12-36-11-10-35-9-8-34-7-6-32(33)46-5-2/h31H,4-30H2,1-3H3. The number of hydrogen-bond acceptors (Lipinski definition) is 14. The van der Waals surface area contributed by atoms with E-state index in [-0.39, 0.29) is 12.4 Å². The second-order valence-corrected chi connectivity index (χ2v) is 9.88. The van der Waals surface area contributed by atoms with Gasteiger partial charge in [0, 0.05) is 6.61 Å². The van der Waals surface area contributed by atoms with Crippen LogP contribution < -0.4 is 0 Å². The third kappa shape index (κ3) is 39.2. The van der Waals surface area contributed by atoms with E-state index in [4.69, 9.17) is 61.6 Å². The molecular formula is C32H64O14. The lowest BCUT2D eigenvalue weighted by atomic mass is 10.1. The average molecular weight is 673 g/mol. The highest BCUT2D eigenvalue weighted by Crippen LogP contribution is 2.00. The lowest BCUT2D eigenvalue weighted by molar-refractivity contribution is -0.144. The average Bonchev–Trinajstić information content (AvgIpc) is 3.06. The Morgan fingerprint density at radius 1 is 0.391 bits per heavy atom. The minimum atomic E-state index is -0.250. The highest BCUT2D eigenvalue weighted by Gasteiger charge is 2.01. The van der Waals surface area contributed by atoms with E-state index in [0.29, 0.717) is 164 Å². The number of hydrogen-bond donors (Lipinski definition) is 0. The predicted octanol–water partition coefficient (Wildman–Crippen LogP) is 2.18. The summed E-state index contributed by atoms with van der Waals surface area (Å²) >= 11 is 0. The Bertz CT molecular complexity index is 587. The van der Waals surface area contributed by atoms with Crippen molar-refractivity contribution in [3.63, 3.8) is 0 Å². The lowest BCUT2D eigenvalue weighted by Crippen LogP contribution is -2.15. The maximum Gasteiger partial charge on any atom is 0.308 e. The highest BCUT2D eigenvalue weighted by molar-refractivity contribution is 5.69. The van der Waals surface area contributed by atoms with E-state index in [1.807, 2.05) is 0 Å². The molecule has 0 aliphatic rings. The molecule has 0 aromatic heterocycles. The minimum Gasteiger partial charge on any atom is -0.466 e. The fourth-order valence-electron chi connectivity index (χ4n) is 3.21. The van der Waals surface area contributed by atoms with E-state index in [1.165, 1.54) is 0 Å². The first-order chi connectivity index (χ1) is 22.7. The maximum absolute atomic E-state index is 11.1. The van der Waals surface area contributed by atoms with Crippen LogP contribution in [0.4, 0.5) is 0 Å². The highest BCUT2D eigenvalue weighted by atomic mass is 16.6. The zero-order valence-corrected chi connectivity index (χ0v) is 28.9. The van der Waals surface area contributed by atoms with E-state index in [1.54, 1.807) is 6.92 Å². The summed E-state index contributed by atoms with van der Waals surface area (Å²) in [5.74, 6) is 0.344. The van der Waals surface area contributed by atoms with E-state index in [2.05, 4.69) is 13.8 Å². The van der Waals surface area contributed by atoms with Crippen molar-refractivity contribution in [2.75, 3.05) is 165 Å². The normalized spacial score (nSPS) is 12.2. The molecule has 276 valence electrons. The summed E-state index contributed by atoms with van der Waals surface area (Å²) in [7, 11) is 0. The fraction of sp³-hybridized carbons (Fsp3) is 0.969. The summed E-state index contributed by atoms with van der Waals surface area (Å²) < 4.78 is 70.2. The van der Waals surface area contributed by atoms with Crippen LogP contribution in [0.2, 0.25) is 0 Å². The molecule has 0 N–H and O–H groups in total. The van der Waals surface area contributed by atoms with Gasteiger partial charge >= 0.3 is 5.97 Å². The molecular weight excluding hydrogens is 608 g/mol. The van der Waals surface area contributed by atoms with Crippen LogP contribution in [-0.2, 0) is 66.4 Å². The molecule has 0 aliphatic heterocycles. The minimum absolute atomic E-state index is 0.250. The molecule has 0 amide bonds. The number of esters is 1. The molecule has 0 aromatic carbocycles. The molecule has 14 nitrogen and oxygen atoms in total. The third-order valence-corrected chi connectivity index (χ3v) is 5.95. The Hall–Kier alpha value is -1.01. The lowest BCUT2D eigenvalue weighted by Gasteiger charge is -2.10. The second kappa shape index (κ2) is 40.2. The van der Waals surface area contributed by atoms with Crippen molar-refractivity contribution in [2.45, 2.75) is 33.6 Å². The SMILES string of the molecule is CCOC(=O)CCOCCOCCOCCOCCOCCOCCOCCOCCOCCOCCOCCOCC(C)CC. The van der Waals surface area contributed by atoms with Crippen molar-refractivity contribution in [2.24, 2.45) is 5.92 Å². The van der Waals surface area contributed by atoms with E-state index < -0.39 is 0 Å². The molecule has 0 spiro atoms. The van der Waals surface area contributed by atoms with Gasteiger partial charge in [-0.1, -0.05) is 20.3 Å². The zero-order chi connectivity index (χ0) is 33.4. The number of carbonyl (C=O) groups excluding carboxylic acids is 1. The Morgan fingerprint density at radius 3 is 0.870 bits per heavy atom. The van der Waals surface area contributed by atoms with Crippen molar-refractivity contribution in [1.82, 2.24) is 0 Å². The van der Waals surface area contributed by atoms with Crippen LogP contribution >= 0.6 is 0 Å². The smallest absolute Gasteiger partial charge is 0.308 e. The molecule has 1 unspecified atom stereocenters. The summed E-state index contributed by atoms with van der Waals surface area (Å²) in [5.41, 5.74) is 0. The van der Waals surface area contributed by atoms with Crippen molar-refractivity contribution in [1.29, 1.82) is 0 Å². The van der Waals surface area contributed by atoms with Gasteiger partial charge in [0.05, 0.1) is 165 Å². The first kappa shape index (κ1) is 45.0. The molecule has 1 atom stereocenters. The third-order valence-electron chi connectivity index (χ3n) is 5.95. The van der Waals surface area contributed by atoms with Gasteiger partial charge in [-0.25, -0.2) is 0 Å². The van der Waals surface area contributed by atoms with Gasteiger partial charge in [-0.3, -0.25) is 4.79 Å². The monoisotopic (exact) mass is 672 g/mol.